The lowest BCUT2D eigenvalue weighted by atomic mass is 10.2. The molecule has 0 bridgehead atoms. The topological polar surface area (TPSA) is 34.7 Å². The monoisotopic (exact) mass is 260 g/mol. The van der Waals surface area contributed by atoms with E-state index >= 15 is 0 Å². The van der Waals surface area contributed by atoms with Gasteiger partial charge in [0.2, 0.25) is 9.04 Å². The summed E-state index contributed by atoms with van der Waals surface area (Å²) in [6.45, 7) is 6.31. The largest absolute Gasteiger partial charge is 1.00 e. The van der Waals surface area contributed by atoms with Gasteiger partial charge in [0.05, 0.1) is 12.5 Å². The lowest BCUT2D eigenvalue weighted by Gasteiger charge is -2.13. The zero-order chi connectivity index (χ0) is 13.0. The fourth-order valence-corrected chi connectivity index (χ4v) is 2.34. The Balaban J connectivity index is 0.00000180. The van der Waals surface area contributed by atoms with Crippen LogP contribution in [0.4, 0.5) is 5.69 Å². The molecule has 2 aromatic rings. The van der Waals surface area contributed by atoms with Gasteiger partial charge in [-0.2, -0.15) is 0 Å². The maximum absolute atomic E-state index is 5.89. The van der Waals surface area contributed by atoms with E-state index in [4.69, 9.17) is 8.84 Å². The maximum Gasteiger partial charge on any atom is 1.00 e. The molecule has 18 heavy (non-hydrogen) atoms. The van der Waals surface area contributed by atoms with E-state index < -0.39 is 9.04 Å². The Labute approximate surface area is 110 Å². The molecule has 3 nitrogen and oxygen atoms in total. The fourth-order valence-electron chi connectivity index (χ4n) is 1.64. The minimum absolute atomic E-state index is 0. The second-order valence-corrected chi connectivity index (χ2v) is 6.70. The molecule has 1 heterocycles. The van der Waals surface area contributed by atoms with Crippen LogP contribution in [0.15, 0.2) is 46.0 Å². The number of rotatable bonds is 4. The van der Waals surface area contributed by atoms with Crippen LogP contribution in [0.5, 0.6) is 5.75 Å². The summed E-state index contributed by atoms with van der Waals surface area (Å²) in [5.74, 6) is 1.60. The minimum Gasteiger partial charge on any atom is -0.546 e. The SMILES string of the molecule is Cc1cccc(O[SiH](C)C)c1N=Cc1ccco1.[H+]. The molecule has 0 saturated carbocycles. The second-order valence-electron chi connectivity index (χ2n) is 4.36. The van der Waals surface area contributed by atoms with Crippen molar-refractivity contribution in [1.82, 2.24) is 0 Å². The van der Waals surface area contributed by atoms with E-state index in [9.17, 15) is 0 Å². The van der Waals surface area contributed by atoms with E-state index in [1.807, 2.05) is 37.3 Å². The summed E-state index contributed by atoms with van der Waals surface area (Å²) < 4.78 is 11.1. The molecule has 1 aromatic carbocycles. The van der Waals surface area contributed by atoms with Crippen LogP contribution in [0.25, 0.3) is 0 Å². The second kappa shape index (κ2) is 5.69. The number of aliphatic imine (C=N–C) groups is 1. The molecule has 4 heteroatoms. The molecule has 0 fully saturated rings. The van der Waals surface area contributed by atoms with Crippen molar-refractivity contribution in [3.8, 4) is 5.75 Å². The van der Waals surface area contributed by atoms with Crippen LogP contribution in [0.1, 0.15) is 12.8 Å². The Bertz CT molecular complexity index is 538. The van der Waals surface area contributed by atoms with Gasteiger partial charge in [-0.1, -0.05) is 12.1 Å². The molecular weight excluding hydrogens is 242 g/mol. The van der Waals surface area contributed by atoms with Gasteiger partial charge >= 0.3 is 1.43 Å². The Morgan fingerprint density at radius 2 is 2.11 bits per heavy atom. The van der Waals surface area contributed by atoms with Crippen molar-refractivity contribution in [2.75, 3.05) is 0 Å². The number of hydrogen-bond donors (Lipinski definition) is 0. The molecular formula is C14H18NO2Si+. The van der Waals surface area contributed by atoms with Gasteiger partial charge in [-0.25, -0.2) is 4.99 Å². The van der Waals surface area contributed by atoms with Gasteiger partial charge in [0.1, 0.15) is 17.2 Å². The third-order valence-corrected chi connectivity index (χ3v) is 3.15. The van der Waals surface area contributed by atoms with E-state index in [1.165, 1.54) is 0 Å². The predicted molar refractivity (Wildman–Crippen MR) is 77.8 cm³/mol. The Morgan fingerprint density at radius 1 is 1.28 bits per heavy atom. The van der Waals surface area contributed by atoms with Crippen molar-refractivity contribution in [3.63, 3.8) is 0 Å². The van der Waals surface area contributed by atoms with Gasteiger partial charge in [0.25, 0.3) is 0 Å². The first-order chi connectivity index (χ1) is 8.66. The van der Waals surface area contributed by atoms with E-state index in [2.05, 4.69) is 18.1 Å². The van der Waals surface area contributed by atoms with E-state index in [0.29, 0.717) is 0 Å². The van der Waals surface area contributed by atoms with Crippen LogP contribution in [0, 0.1) is 6.92 Å². The average molecular weight is 260 g/mol. The normalized spacial score (nSPS) is 11.3. The van der Waals surface area contributed by atoms with Crippen molar-refractivity contribution in [1.29, 1.82) is 0 Å². The smallest absolute Gasteiger partial charge is 0.546 e. The Kier molecular flexibility index (Phi) is 3.99. The van der Waals surface area contributed by atoms with Gasteiger partial charge < -0.3 is 8.84 Å². The zero-order valence-corrected chi connectivity index (χ0v) is 12.0. The molecule has 0 aliphatic carbocycles. The molecule has 1 aromatic heterocycles. The Morgan fingerprint density at radius 3 is 2.78 bits per heavy atom. The Hall–Kier alpha value is -1.81. The van der Waals surface area contributed by atoms with Gasteiger partial charge in [-0.15, -0.1) is 0 Å². The highest BCUT2D eigenvalue weighted by atomic mass is 28.3. The third-order valence-electron chi connectivity index (χ3n) is 2.43. The third kappa shape index (κ3) is 3.11. The number of hydrogen-bond acceptors (Lipinski definition) is 3. The van der Waals surface area contributed by atoms with E-state index in [-0.39, 0.29) is 1.43 Å². The summed E-state index contributed by atoms with van der Waals surface area (Å²) in [6, 6.07) is 9.71. The highest BCUT2D eigenvalue weighted by molar-refractivity contribution is 6.49. The fraction of sp³-hybridized carbons (Fsp3) is 0.214. The van der Waals surface area contributed by atoms with Gasteiger partial charge in [-0.05, 0) is 43.8 Å². The van der Waals surface area contributed by atoms with Gasteiger partial charge in [-0.3, -0.25) is 0 Å². The molecule has 0 spiro atoms. The first-order valence-electron chi connectivity index (χ1n) is 6.00. The van der Waals surface area contributed by atoms with Crippen molar-refractivity contribution in [3.05, 3.63) is 47.9 Å². The first kappa shape index (κ1) is 12.6. The van der Waals surface area contributed by atoms with Crippen LogP contribution in [-0.4, -0.2) is 15.3 Å². The minimum atomic E-state index is -1.13. The summed E-state index contributed by atoms with van der Waals surface area (Å²) in [5.41, 5.74) is 1.99. The highest BCUT2D eigenvalue weighted by Gasteiger charge is 2.07. The first-order valence-corrected chi connectivity index (χ1v) is 8.78. The number of para-hydroxylation sites is 1. The molecule has 0 saturated heterocycles. The van der Waals surface area contributed by atoms with E-state index in [1.54, 1.807) is 12.5 Å². The number of nitrogens with zero attached hydrogens (tertiary/aromatic N) is 1. The molecule has 0 radical (unpaired) electrons. The molecule has 0 atom stereocenters. The molecule has 0 unspecified atom stereocenters. The van der Waals surface area contributed by atoms with Crippen molar-refractivity contribution < 1.29 is 10.3 Å². The summed E-state index contributed by atoms with van der Waals surface area (Å²) in [7, 11) is -1.13. The van der Waals surface area contributed by atoms with Crippen LogP contribution < -0.4 is 4.43 Å². The molecule has 94 valence electrons. The maximum atomic E-state index is 5.89. The number of aryl methyl sites for hydroxylation is 1. The van der Waals surface area contributed by atoms with Crippen molar-refractivity contribution in [2.24, 2.45) is 4.99 Å². The van der Waals surface area contributed by atoms with Crippen LogP contribution in [-0.2, 0) is 0 Å². The highest BCUT2D eigenvalue weighted by Crippen LogP contribution is 2.31. The van der Waals surface area contributed by atoms with Crippen molar-refractivity contribution >= 4 is 20.9 Å². The molecule has 0 amide bonds. The number of benzene rings is 1. The molecule has 0 N–H and O–H groups in total. The van der Waals surface area contributed by atoms with Gasteiger partial charge in [0.15, 0.2) is 0 Å². The molecule has 2 rings (SSSR count). The van der Waals surface area contributed by atoms with Crippen LogP contribution >= 0.6 is 0 Å². The molecule has 0 aliphatic heterocycles. The van der Waals surface area contributed by atoms with Crippen molar-refractivity contribution in [2.45, 2.75) is 20.0 Å². The zero-order valence-electron chi connectivity index (χ0n) is 11.9. The van der Waals surface area contributed by atoms with Gasteiger partial charge in [0, 0.05) is 0 Å². The standard InChI is InChI=1S/C14H17NO2Si/c1-11-6-4-8-13(17-18(2)3)14(11)15-10-12-7-5-9-16-12/h4-10,18H,1-3H3/p+1. The summed E-state index contributed by atoms with van der Waals surface area (Å²) >= 11 is 0. The van der Waals surface area contributed by atoms with Crippen LogP contribution in [0.3, 0.4) is 0 Å². The number of furan rings is 1. The lowest BCUT2D eigenvalue weighted by molar-refractivity contribution is 0.560. The quantitative estimate of drug-likeness (QED) is 0.619. The summed E-state index contributed by atoms with van der Waals surface area (Å²) in [4.78, 5) is 4.48. The summed E-state index contributed by atoms with van der Waals surface area (Å²) in [5, 5.41) is 0. The predicted octanol–water partition coefficient (Wildman–Crippen LogP) is 3.81. The summed E-state index contributed by atoms with van der Waals surface area (Å²) in [6.07, 6.45) is 3.36. The van der Waals surface area contributed by atoms with E-state index in [0.717, 1.165) is 22.8 Å². The average Bonchev–Trinajstić information content (AvgIpc) is 2.80. The van der Waals surface area contributed by atoms with Crippen LogP contribution in [0.2, 0.25) is 13.1 Å². The molecule has 0 aliphatic rings. The lowest BCUT2D eigenvalue weighted by Crippen LogP contribution is -2.11.